The molecule has 0 aliphatic heterocycles. The number of hydrogen-bond donors (Lipinski definition) is 2. The lowest BCUT2D eigenvalue weighted by Gasteiger charge is -2.12. The topological polar surface area (TPSA) is 75.6 Å². The third-order valence-corrected chi connectivity index (χ3v) is 3.31. The average Bonchev–Trinajstić information content (AvgIpc) is 2.49. The van der Waals surface area contributed by atoms with Crippen LogP contribution in [0.3, 0.4) is 0 Å². The number of carboxylic acid groups (broad SMARTS) is 1. The van der Waals surface area contributed by atoms with Crippen LogP contribution in [0.5, 0.6) is 5.75 Å². The summed E-state index contributed by atoms with van der Waals surface area (Å²) in [6.45, 7) is 2.45. The molecule has 116 valence electrons. The molecular formula is C16H23NO4. The van der Waals surface area contributed by atoms with Crippen molar-refractivity contribution in [3.05, 3.63) is 29.8 Å². The highest BCUT2D eigenvalue weighted by atomic mass is 16.5. The van der Waals surface area contributed by atoms with Gasteiger partial charge in [0.05, 0.1) is 7.11 Å². The summed E-state index contributed by atoms with van der Waals surface area (Å²) in [6, 6.07) is 7.64. The van der Waals surface area contributed by atoms with Crippen molar-refractivity contribution in [2.24, 2.45) is 5.92 Å². The van der Waals surface area contributed by atoms with Crippen LogP contribution in [0.1, 0.15) is 31.7 Å². The fraction of sp³-hybridized carbons (Fsp3) is 0.500. The van der Waals surface area contributed by atoms with Crippen LogP contribution in [0.2, 0.25) is 0 Å². The first-order chi connectivity index (χ1) is 10.0. The molecule has 5 heteroatoms. The minimum atomic E-state index is -0.802. The number of methoxy groups -OCH3 is 1. The van der Waals surface area contributed by atoms with E-state index in [-0.39, 0.29) is 18.2 Å². The fourth-order valence-electron chi connectivity index (χ4n) is 2.01. The van der Waals surface area contributed by atoms with E-state index in [1.165, 1.54) is 0 Å². The SMILES string of the molecule is COc1ccccc1CCC(=O)NCC(C)CCC(=O)O. The molecule has 0 saturated heterocycles. The van der Waals surface area contributed by atoms with E-state index in [1.807, 2.05) is 31.2 Å². The molecule has 0 spiro atoms. The van der Waals surface area contributed by atoms with Gasteiger partial charge in [-0.2, -0.15) is 0 Å². The van der Waals surface area contributed by atoms with Crippen LogP contribution in [0.25, 0.3) is 0 Å². The third kappa shape index (κ3) is 6.79. The Morgan fingerprint density at radius 2 is 2.00 bits per heavy atom. The van der Waals surface area contributed by atoms with Gasteiger partial charge in [-0.25, -0.2) is 0 Å². The first kappa shape index (κ1) is 17.0. The van der Waals surface area contributed by atoms with Gasteiger partial charge >= 0.3 is 5.97 Å². The molecule has 1 atom stereocenters. The molecule has 1 rings (SSSR count). The summed E-state index contributed by atoms with van der Waals surface area (Å²) in [5.41, 5.74) is 1.01. The monoisotopic (exact) mass is 293 g/mol. The van der Waals surface area contributed by atoms with Gasteiger partial charge in [-0.15, -0.1) is 0 Å². The molecule has 1 aromatic carbocycles. The number of rotatable bonds is 9. The number of para-hydroxylation sites is 1. The summed E-state index contributed by atoms with van der Waals surface area (Å²) in [5.74, 6) is 0.129. The predicted molar refractivity (Wildman–Crippen MR) is 80.4 cm³/mol. The van der Waals surface area contributed by atoms with Crippen molar-refractivity contribution >= 4 is 11.9 Å². The van der Waals surface area contributed by atoms with Crippen molar-refractivity contribution in [1.29, 1.82) is 0 Å². The molecule has 2 N–H and O–H groups in total. The highest BCUT2D eigenvalue weighted by molar-refractivity contribution is 5.76. The maximum Gasteiger partial charge on any atom is 0.303 e. The molecule has 21 heavy (non-hydrogen) atoms. The summed E-state index contributed by atoms with van der Waals surface area (Å²) in [7, 11) is 1.61. The van der Waals surface area contributed by atoms with Crippen LogP contribution in [0.15, 0.2) is 24.3 Å². The number of hydrogen-bond acceptors (Lipinski definition) is 3. The lowest BCUT2D eigenvalue weighted by atomic mass is 10.1. The number of aliphatic carboxylic acids is 1. The molecule has 1 aromatic rings. The fourth-order valence-corrected chi connectivity index (χ4v) is 2.01. The normalized spacial score (nSPS) is 11.7. The zero-order valence-electron chi connectivity index (χ0n) is 12.6. The number of carboxylic acids is 1. The lowest BCUT2D eigenvalue weighted by Crippen LogP contribution is -2.28. The quantitative estimate of drug-likeness (QED) is 0.732. The first-order valence-corrected chi connectivity index (χ1v) is 7.13. The highest BCUT2D eigenvalue weighted by Gasteiger charge is 2.09. The van der Waals surface area contributed by atoms with Gasteiger partial charge in [0, 0.05) is 19.4 Å². The third-order valence-electron chi connectivity index (χ3n) is 3.31. The molecule has 0 aliphatic rings. The minimum Gasteiger partial charge on any atom is -0.496 e. The zero-order chi connectivity index (χ0) is 15.7. The van der Waals surface area contributed by atoms with Gasteiger partial charge in [-0.1, -0.05) is 25.1 Å². The molecule has 0 radical (unpaired) electrons. The molecule has 0 aliphatic carbocycles. The summed E-state index contributed by atoms with van der Waals surface area (Å²) < 4.78 is 5.24. The van der Waals surface area contributed by atoms with Crippen LogP contribution in [0, 0.1) is 5.92 Å². The molecular weight excluding hydrogens is 270 g/mol. The average molecular weight is 293 g/mol. The number of amides is 1. The van der Waals surface area contributed by atoms with Crippen LogP contribution in [0.4, 0.5) is 0 Å². The van der Waals surface area contributed by atoms with E-state index in [0.29, 0.717) is 25.8 Å². The number of nitrogens with one attached hydrogen (secondary N) is 1. The molecule has 1 amide bonds. The summed E-state index contributed by atoms with van der Waals surface area (Å²) in [4.78, 5) is 22.3. The van der Waals surface area contributed by atoms with Crippen molar-refractivity contribution in [3.8, 4) is 5.75 Å². The van der Waals surface area contributed by atoms with Crippen molar-refractivity contribution in [1.82, 2.24) is 5.32 Å². The Bertz CT molecular complexity index is 473. The van der Waals surface area contributed by atoms with E-state index in [9.17, 15) is 9.59 Å². The van der Waals surface area contributed by atoms with Gasteiger partial charge in [-0.3, -0.25) is 9.59 Å². The second kappa shape index (κ2) is 9.00. The maximum absolute atomic E-state index is 11.8. The van der Waals surface area contributed by atoms with Gasteiger partial charge in [0.25, 0.3) is 0 Å². The molecule has 1 unspecified atom stereocenters. The Labute approximate surface area is 125 Å². The van der Waals surface area contributed by atoms with Gasteiger partial charge in [-0.05, 0) is 30.4 Å². The molecule has 0 bridgehead atoms. The second-order valence-corrected chi connectivity index (χ2v) is 5.15. The minimum absolute atomic E-state index is 0.0249. The van der Waals surface area contributed by atoms with Crippen molar-refractivity contribution < 1.29 is 19.4 Å². The number of ether oxygens (including phenoxy) is 1. The van der Waals surface area contributed by atoms with E-state index in [4.69, 9.17) is 9.84 Å². The number of carbonyl (C=O) groups is 2. The smallest absolute Gasteiger partial charge is 0.303 e. The lowest BCUT2D eigenvalue weighted by molar-refractivity contribution is -0.137. The highest BCUT2D eigenvalue weighted by Crippen LogP contribution is 2.18. The van der Waals surface area contributed by atoms with Gasteiger partial charge in [0.15, 0.2) is 0 Å². The van der Waals surface area contributed by atoms with E-state index in [2.05, 4.69) is 5.32 Å². The van der Waals surface area contributed by atoms with E-state index in [0.717, 1.165) is 11.3 Å². The second-order valence-electron chi connectivity index (χ2n) is 5.15. The molecule has 0 saturated carbocycles. The van der Waals surface area contributed by atoms with E-state index < -0.39 is 5.97 Å². The van der Waals surface area contributed by atoms with E-state index >= 15 is 0 Å². The Hall–Kier alpha value is -2.04. The Kier molecular flexibility index (Phi) is 7.29. The van der Waals surface area contributed by atoms with Crippen LogP contribution in [-0.4, -0.2) is 30.6 Å². The van der Waals surface area contributed by atoms with Crippen LogP contribution in [-0.2, 0) is 16.0 Å². The van der Waals surface area contributed by atoms with Crippen molar-refractivity contribution in [2.75, 3.05) is 13.7 Å². The summed E-state index contributed by atoms with van der Waals surface area (Å²) in [5, 5.41) is 11.4. The zero-order valence-corrected chi connectivity index (χ0v) is 12.6. The standard InChI is InChI=1S/C16H23NO4/c1-12(7-10-16(19)20)11-17-15(18)9-8-13-5-3-4-6-14(13)21-2/h3-6,12H,7-11H2,1-2H3,(H,17,18)(H,19,20). The predicted octanol–water partition coefficient (Wildman–Crippen LogP) is 2.24. The van der Waals surface area contributed by atoms with Gasteiger partial charge < -0.3 is 15.2 Å². The number of carbonyl (C=O) groups excluding carboxylic acids is 1. The number of benzene rings is 1. The van der Waals surface area contributed by atoms with Crippen LogP contribution >= 0.6 is 0 Å². The summed E-state index contributed by atoms with van der Waals surface area (Å²) >= 11 is 0. The van der Waals surface area contributed by atoms with Crippen molar-refractivity contribution in [3.63, 3.8) is 0 Å². The Morgan fingerprint density at radius 3 is 2.67 bits per heavy atom. The van der Waals surface area contributed by atoms with Gasteiger partial charge in [0.1, 0.15) is 5.75 Å². The van der Waals surface area contributed by atoms with Crippen LogP contribution < -0.4 is 10.1 Å². The Morgan fingerprint density at radius 1 is 1.29 bits per heavy atom. The van der Waals surface area contributed by atoms with E-state index in [1.54, 1.807) is 7.11 Å². The van der Waals surface area contributed by atoms with Gasteiger partial charge in [0.2, 0.25) is 5.91 Å². The largest absolute Gasteiger partial charge is 0.496 e. The summed E-state index contributed by atoms with van der Waals surface area (Å²) in [6.07, 6.45) is 1.73. The molecule has 0 aromatic heterocycles. The molecule has 0 fully saturated rings. The first-order valence-electron chi connectivity index (χ1n) is 7.13. The molecule has 5 nitrogen and oxygen atoms in total. The molecule has 0 heterocycles. The van der Waals surface area contributed by atoms with Crippen molar-refractivity contribution in [2.45, 2.75) is 32.6 Å². The maximum atomic E-state index is 11.8. The number of aryl methyl sites for hydroxylation is 1. The Balaban J connectivity index is 2.29.